The van der Waals surface area contributed by atoms with Crippen LogP contribution in [0.15, 0.2) is 30.3 Å². The van der Waals surface area contributed by atoms with Crippen LogP contribution in [0.4, 0.5) is 8.78 Å². The second-order valence-corrected chi connectivity index (χ2v) is 5.78. The number of halogens is 2. The molecule has 2 N–H and O–H groups in total. The van der Waals surface area contributed by atoms with E-state index in [1.165, 1.54) is 12.1 Å². The number of hydrogen-bond acceptors (Lipinski definition) is 2. The molecule has 0 saturated heterocycles. The van der Waals surface area contributed by atoms with E-state index in [2.05, 4.69) is 25.9 Å². The highest BCUT2D eigenvalue weighted by molar-refractivity contribution is 5.38. The lowest BCUT2D eigenvalue weighted by Crippen LogP contribution is -2.12. The zero-order valence-corrected chi connectivity index (χ0v) is 11.9. The van der Waals surface area contributed by atoms with E-state index < -0.39 is 6.43 Å². The second kappa shape index (κ2) is 5.32. The Morgan fingerprint density at radius 1 is 1.25 bits per heavy atom. The van der Waals surface area contributed by atoms with Crippen LogP contribution >= 0.6 is 0 Å². The quantitative estimate of drug-likeness (QED) is 0.933. The standard InChI is InChI=1S/C15H19F2N3/c1-15(2,3)13-8-12(9-18)20(19-13)11-6-4-5-10(7-11)14(16)17/h4-8,14H,9,18H2,1-3H3. The summed E-state index contributed by atoms with van der Waals surface area (Å²) in [6.45, 7) is 6.46. The zero-order valence-electron chi connectivity index (χ0n) is 11.9. The molecule has 1 aromatic carbocycles. The molecule has 0 spiro atoms. The van der Waals surface area contributed by atoms with Crippen LogP contribution in [0.1, 0.15) is 44.1 Å². The molecule has 0 unspecified atom stereocenters. The van der Waals surface area contributed by atoms with Gasteiger partial charge in [-0.25, -0.2) is 13.5 Å². The summed E-state index contributed by atoms with van der Waals surface area (Å²) in [5.41, 5.74) is 7.91. The molecule has 2 rings (SSSR count). The first-order valence-electron chi connectivity index (χ1n) is 6.51. The van der Waals surface area contributed by atoms with Crippen LogP contribution in [0.25, 0.3) is 5.69 Å². The van der Waals surface area contributed by atoms with Crippen LogP contribution in [0.5, 0.6) is 0 Å². The number of nitrogens with zero attached hydrogens (tertiary/aromatic N) is 2. The molecule has 0 aliphatic rings. The molecule has 0 bridgehead atoms. The Kier molecular flexibility index (Phi) is 3.90. The number of hydrogen-bond donors (Lipinski definition) is 1. The van der Waals surface area contributed by atoms with E-state index in [1.54, 1.807) is 16.8 Å². The zero-order chi connectivity index (χ0) is 14.9. The molecule has 108 valence electrons. The Labute approximate surface area is 117 Å². The Bertz CT molecular complexity index is 597. The lowest BCUT2D eigenvalue weighted by molar-refractivity contribution is 0.151. The van der Waals surface area contributed by atoms with Crippen molar-refractivity contribution in [3.05, 3.63) is 47.3 Å². The monoisotopic (exact) mass is 279 g/mol. The molecule has 0 aliphatic heterocycles. The van der Waals surface area contributed by atoms with Gasteiger partial charge in [-0.05, 0) is 18.2 Å². The van der Waals surface area contributed by atoms with Gasteiger partial charge >= 0.3 is 0 Å². The highest BCUT2D eigenvalue weighted by Crippen LogP contribution is 2.25. The van der Waals surface area contributed by atoms with E-state index in [9.17, 15) is 8.78 Å². The summed E-state index contributed by atoms with van der Waals surface area (Å²) in [6.07, 6.45) is -2.49. The summed E-state index contributed by atoms with van der Waals surface area (Å²) in [7, 11) is 0. The molecule has 5 heteroatoms. The molecule has 1 heterocycles. The third-order valence-electron chi connectivity index (χ3n) is 3.13. The largest absolute Gasteiger partial charge is 0.325 e. The van der Waals surface area contributed by atoms with Crippen molar-refractivity contribution in [2.45, 2.75) is 39.2 Å². The summed E-state index contributed by atoms with van der Waals surface area (Å²) in [5, 5.41) is 4.51. The maximum absolute atomic E-state index is 12.8. The molecule has 0 atom stereocenters. The predicted molar refractivity (Wildman–Crippen MR) is 75.1 cm³/mol. The van der Waals surface area contributed by atoms with Gasteiger partial charge in [0.2, 0.25) is 0 Å². The van der Waals surface area contributed by atoms with Crippen molar-refractivity contribution in [1.82, 2.24) is 9.78 Å². The van der Waals surface area contributed by atoms with Gasteiger partial charge < -0.3 is 5.73 Å². The van der Waals surface area contributed by atoms with Gasteiger partial charge in [-0.1, -0.05) is 32.9 Å². The van der Waals surface area contributed by atoms with Crippen molar-refractivity contribution in [2.75, 3.05) is 0 Å². The van der Waals surface area contributed by atoms with Crippen LogP contribution in [0.2, 0.25) is 0 Å². The summed E-state index contributed by atoms with van der Waals surface area (Å²) >= 11 is 0. The fraction of sp³-hybridized carbons (Fsp3) is 0.400. The highest BCUT2D eigenvalue weighted by Gasteiger charge is 2.20. The van der Waals surface area contributed by atoms with Crippen LogP contribution in [0.3, 0.4) is 0 Å². The van der Waals surface area contributed by atoms with E-state index in [1.807, 2.05) is 6.07 Å². The molecule has 0 fully saturated rings. The molecule has 0 radical (unpaired) electrons. The summed E-state index contributed by atoms with van der Waals surface area (Å²) in [6, 6.07) is 8.14. The lowest BCUT2D eigenvalue weighted by Gasteiger charge is -2.14. The van der Waals surface area contributed by atoms with Gasteiger partial charge in [0.1, 0.15) is 0 Å². The van der Waals surface area contributed by atoms with Crippen LogP contribution < -0.4 is 5.73 Å². The van der Waals surface area contributed by atoms with Gasteiger partial charge in [0.25, 0.3) is 6.43 Å². The average molecular weight is 279 g/mol. The maximum Gasteiger partial charge on any atom is 0.263 e. The first-order valence-corrected chi connectivity index (χ1v) is 6.51. The Hall–Kier alpha value is -1.75. The van der Waals surface area contributed by atoms with Gasteiger partial charge in [0.05, 0.1) is 17.1 Å². The summed E-state index contributed by atoms with van der Waals surface area (Å²) < 4.78 is 27.2. The fourth-order valence-corrected chi connectivity index (χ4v) is 1.95. The number of alkyl halides is 2. The topological polar surface area (TPSA) is 43.8 Å². The van der Waals surface area contributed by atoms with Crippen molar-refractivity contribution < 1.29 is 8.78 Å². The van der Waals surface area contributed by atoms with E-state index in [4.69, 9.17) is 5.73 Å². The first-order chi connectivity index (χ1) is 9.32. The number of benzene rings is 1. The van der Waals surface area contributed by atoms with Gasteiger partial charge in [0.15, 0.2) is 0 Å². The number of aromatic nitrogens is 2. The molecule has 0 saturated carbocycles. The van der Waals surface area contributed by atoms with Gasteiger partial charge in [0, 0.05) is 17.5 Å². The first kappa shape index (κ1) is 14.7. The van der Waals surface area contributed by atoms with E-state index in [0.717, 1.165) is 11.4 Å². The van der Waals surface area contributed by atoms with Crippen molar-refractivity contribution in [1.29, 1.82) is 0 Å². The molecule has 0 aliphatic carbocycles. The van der Waals surface area contributed by atoms with Crippen LogP contribution in [0, 0.1) is 0 Å². The molecular weight excluding hydrogens is 260 g/mol. The molecule has 3 nitrogen and oxygen atoms in total. The minimum atomic E-state index is -2.49. The third kappa shape index (κ3) is 2.88. The molecule has 2 aromatic rings. The molecule has 20 heavy (non-hydrogen) atoms. The highest BCUT2D eigenvalue weighted by atomic mass is 19.3. The van der Waals surface area contributed by atoms with E-state index >= 15 is 0 Å². The van der Waals surface area contributed by atoms with Crippen molar-refractivity contribution in [2.24, 2.45) is 5.73 Å². The number of rotatable bonds is 3. The minimum Gasteiger partial charge on any atom is -0.325 e. The smallest absolute Gasteiger partial charge is 0.263 e. The van der Waals surface area contributed by atoms with Crippen molar-refractivity contribution in [3.63, 3.8) is 0 Å². The van der Waals surface area contributed by atoms with Crippen molar-refractivity contribution in [3.8, 4) is 5.69 Å². The van der Waals surface area contributed by atoms with Gasteiger partial charge in [-0.3, -0.25) is 0 Å². The molecule has 1 aromatic heterocycles. The summed E-state index contributed by atoms with van der Waals surface area (Å²) in [5.74, 6) is 0. The fourth-order valence-electron chi connectivity index (χ4n) is 1.95. The van der Waals surface area contributed by atoms with E-state index in [0.29, 0.717) is 12.2 Å². The Morgan fingerprint density at radius 2 is 1.95 bits per heavy atom. The molecular formula is C15H19F2N3. The SMILES string of the molecule is CC(C)(C)c1cc(CN)n(-c2cccc(C(F)F)c2)n1. The maximum atomic E-state index is 12.8. The van der Waals surface area contributed by atoms with Crippen LogP contribution in [-0.2, 0) is 12.0 Å². The summed E-state index contributed by atoms with van der Waals surface area (Å²) in [4.78, 5) is 0. The lowest BCUT2D eigenvalue weighted by atomic mass is 9.92. The second-order valence-electron chi connectivity index (χ2n) is 5.78. The van der Waals surface area contributed by atoms with Gasteiger partial charge in [-0.15, -0.1) is 0 Å². The van der Waals surface area contributed by atoms with E-state index in [-0.39, 0.29) is 11.0 Å². The van der Waals surface area contributed by atoms with Crippen LogP contribution in [-0.4, -0.2) is 9.78 Å². The Balaban J connectivity index is 2.52. The molecule has 0 amide bonds. The van der Waals surface area contributed by atoms with Crippen molar-refractivity contribution >= 4 is 0 Å². The van der Waals surface area contributed by atoms with Gasteiger partial charge in [-0.2, -0.15) is 5.10 Å². The third-order valence-corrected chi connectivity index (χ3v) is 3.13. The Morgan fingerprint density at radius 3 is 2.50 bits per heavy atom. The average Bonchev–Trinajstić information content (AvgIpc) is 2.82. The normalized spacial score (nSPS) is 12.2. The number of nitrogens with two attached hydrogens (primary N) is 1. The predicted octanol–water partition coefficient (Wildman–Crippen LogP) is 3.57. The minimum absolute atomic E-state index is 0.0155.